The summed E-state index contributed by atoms with van der Waals surface area (Å²) in [5.41, 5.74) is 2.94. The minimum atomic E-state index is -0.516. The van der Waals surface area contributed by atoms with Gasteiger partial charge in [-0.25, -0.2) is 4.68 Å². The van der Waals surface area contributed by atoms with Gasteiger partial charge in [0.1, 0.15) is 11.4 Å². The quantitative estimate of drug-likeness (QED) is 0.643. The number of piperidine rings is 1. The Hall–Kier alpha value is -2.61. The van der Waals surface area contributed by atoms with Crippen molar-refractivity contribution in [2.75, 3.05) is 26.3 Å². The van der Waals surface area contributed by atoms with E-state index in [4.69, 9.17) is 26.2 Å². The van der Waals surface area contributed by atoms with Gasteiger partial charge in [-0.1, -0.05) is 17.7 Å². The van der Waals surface area contributed by atoms with E-state index in [0.717, 1.165) is 17.1 Å². The molecule has 30 heavy (non-hydrogen) atoms. The number of likely N-dealkylation sites (tertiary alicyclic amines) is 1. The van der Waals surface area contributed by atoms with E-state index in [1.54, 1.807) is 10.7 Å². The van der Waals surface area contributed by atoms with Crippen LogP contribution in [0.25, 0.3) is 17.1 Å². The van der Waals surface area contributed by atoms with Gasteiger partial charge in [-0.3, -0.25) is 4.79 Å². The fraction of sp³-hybridized carbons (Fsp3) is 0.364. The minimum absolute atomic E-state index is 0.0595. The van der Waals surface area contributed by atoms with Crippen molar-refractivity contribution >= 4 is 17.5 Å². The molecule has 4 heterocycles. The molecule has 0 unspecified atom stereocenters. The van der Waals surface area contributed by atoms with Crippen molar-refractivity contribution in [1.29, 1.82) is 0 Å². The average Bonchev–Trinajstić information content (AvgIpc) is 3.48. The van der Waals surface area contributed by atoms with Crippen molar-refractivity contribution in [1.82, 2.24) is 19.2 Å². The Labute approximate surface area is 179 Å². The Bertz CT molecular complexity index is 1070. The van der Waals surface area contributed by atoms with Gasteiger partial charge >= 0.3 is 0 Å². The summed E-state index contributed by atoms with van der Waals surface area (Å²) >= 11 is 6.21. The summed E-state index contributed by atoms with van der Waals surface area (Å²) in [5, 5.41) is 5.35. The van der Waals surface area contributed by atoms with Gasteiger partial charge in [-0.2, -0.15) is 5.10 Å². The van der Waals surface area contributed by atoms with E-state index in [0.29, 0.717) is 49.9 Å². The number of aryl methyl sites for hydroxylation is 1. The molecule has 1 spiro atoms. The summed E-state index contributed by atoms with van der Waals surface area (Å²) in [6.45, 7) is 2.41. The number of amides is 1. The number of hydrogen-bond donors (Lipinski definition) is 0. The second-order valence-corrected chi connectivity index (χ2v) is 8.15. The lowest BCUT2D eigenvalue weighted by atomic mass is 10.0. The highest BCUT2D eigenvalue weighted by Crippen LogP contribution is 2.32. The van der Waals surface area contributed by atoms with Gasteiger partial charge in [0.25, 0.3) is 5.91 Å². The maximum atomic E-state index is 13.5. The average molecular weight is 427 g/mol. The molecule has 0 atom stereocenters. The Morgan fingerprint density at radius 1 is 1.10 bits per heavy atom. The van der Waals surface area contributed by atoms with Crippen molar-refractivity contribution in [2.24, 2.45) is 7.05 Å². The van der Waals surface area contributed by atoms with E-state index < -0.39 is 5.79 Å². The van der Waals surface area contributed by atoms with Crippen molar-refractivity contribution in [3.05, 3.63) is 59.4 Å². The molecule has 0 aliphatic carbocycles. The second-order valence-electron chi connectivity index (χ2n) is 7.71. The molecular formula is C22H23ClN4O3. The monoisotopic (exact) mass is 426 g/mol. The third-order valence-electron chi connectivity index (χ3n) is 5.81. The number of rotatable bonds is 3. The van der Waals surface area contributed by atoms with Crippen LogP contribution in [0.15, 0.2) is 48.7 Å². The Balaban J connectivity index is 1.49. The van der Waals surface area contributed by atoms with Gasteiger partial charge in [0, 0.05) is 44.2 Å². The summed E-state index contributed by atoms with van der Waals surface area (Å²) in [4.78, 5) is 15.3. The summed E-state index contributed by atoms with van der Waals surface area (Å²) in [6, 6.07) is 13.2. The maximum Gasteiger partial charge on any atom is 0.272 e. The first kappa shape index (κ1) is 19.4. The Morgan fingerprint density at radius 2 is 1.87 bits per heavy atom. The van der Waals surface area contributed by atoms with Crippen LogP contribution in [0.4, 0.5) is 0 Å². The molecule has 2 fully saturated rings. The van der Waals surface area contributed by atoms with E-state index in [-0.39, 0.29) is 5.91 Å². The lowest BCUT2D eigenvalue weighted by Gasteiger charge is -2.37. The third kappa shape index (κ3) is 3.43. The van der Waals surface area contributed by atoms with Crippen LogP contribution in [0.1, 0.15) is 23.3 Å². The van der Waals surface area contributed by atoms with E-state index in [2.05, 4.69) is 0 Å². The normalized spacial score (nSPS) is 18.3. The van der Waals surface area contributed by atoms with Gasteiger partial charge < -0.3 is 18.9 Å². The van der Waals surface area contributed by atoms with Gasteiger partial charge in [0.05, 0.1) is 24.6 Å². The van der Waals surface area contributed by atoms with Gasteiger partial charge in [0.15, 0.2) is 5.79 Å². The molecule has 2 aromatic heterocycles. The van der Waals surface area contributed by atoms with Crippen LogP contribution in [0.3, 0.4) is 0 Å². The minimum Gasteiger partial charge on any atom is -0.349 e. The topological polar surface area (TPSA) is 61.5 Å². The molecule has 8 heteroatoms. The summed E-state index contributed by atoms with van der Waals surface area (Å²) < 4.78 is 15.3. The van der Waals surface area contributed by atoms with Gasteiger partial charge in [0.2, 0.25) is 0 Å². The molecule has 7 nitrogen and oxygen atoms in total. The molecule has 2 saturated heterocycles. The maximum absolute atomic E-state index is 13.5. The molecule has 2 aliphatic rings. The molecule has 2 aliphatic heterocycles. The first-order chi connectivity index (χ1) is 14.5. The van der Waals surface area contributed by atoms with Crippen molar-refractivity contribution in [2.45, 2.75) is 18.6 Å². The first-order valence-electron chi connectivity index (χ1n) is 10.1. The molecule has 3 aromatic rings. The van der Waals surface area contributed by atoms with E-state index >= 15 is 0 Å². The lowest BCUT2D eigenvalue weighted by Crippen LogP contribution is -2.47. The second kappa shape index (κ2) is 7.58. The predicted octanol–water partition coefficient (Wildman–Crippen LogP) is 3.51. The number of carbonyl (C=O) groups excluding carboxylic acids is 1. The molecule has 0 radical (unpaired) electrons. The van der Waals surface area contributed by atoms with Crippen molar-refractivity contribution in [3.63, 3.8) is 0 Å². The molecule has 156 valence electrons. The first-order valence-corrected chi connectivity index (χ1v) is 10.5. The zero-order valence-corrected chi connectivity index (χ0v) is 17.5. The number of ether oxygens (including phenoxy) is 2. The van der Waals surface area contributed by atoms with Crippen molar-refractivity contribution < 1.29 is 14.3 Å². The van der Waals surface area contributed by atoms with Crippen LogP contribution in [-0.4, -0.2) is 57.2 Å². The van der Waals surface area contributed by atoms with Gasteiger partial charge in [-0.05, 0) is 36.4 Å². The third-order valence-corrected chi connectivity index (χ3v) is 6.05. The molecular weight excluding hydrogens is 404 g/mol. The zero-order chi connectivity index (χ0) is 20.7. The fourth-order valence-electron chi connectivity index (χ4n) is 4.19. The molecule has 0 bridgehead atoms. The molecule has 5 rings (SSSR count). The van der Waals surface area contributed by atoms with Crippen LogP contribution < -0.4 is 0 Å². The SMILES string of the molecule is Cn1cccc1-c1cc(C(=O)N2CCC3(CC2)OCCO3)n(-c2cccc(Cl)c2)n1. The van der Waals surface area contributed by atoms with E-state index in [1.807, 2.05) is 59.1 Å². The van der Waals surface area contributed by atoms with Crippen molar-refractivity contribution in [3.8, 4) is 17.1 Å². The van der Waals surface area contributed by atoms with Gasteiger partial charge in [-0.15, -0.1) is 0 Å². The lowest BCUT2D eigenvalue weighted by molar-refractivity contribution is -0.181. The molecule has 1 aromatic carbocycles. The van der Waals surface area contributed by atoms with Crippen LogP contribution in [0, 0.1) is 0 Å². The number of hydrogen-bond acceptors (Lipinski definition) is 4. The summed E-state index contributed by atoms with van der Waals surface area (Å²) in [6.07, 6.45) is 3.31. The molecule has 0 N–H and O–H groups in total. The van der Waals surface area contributed by atoms with Crippen LogP contribution in [-0.2, 0) is 16.5 Å². The number of carbonyl (C=O) groups is 1. The Kier molecular flexibility index (Phi) is 4.89. The standard InChI is InChI=1S/C22H23ClN4O3/c1-25-9-3-6-19(25)18-15-20(27(24-18)17-5-2-4-16(23)14-17)21(28)26-10-7-22(8-11-26)29-12-13-30-22/h2-6,9,14-15H,7-8,10-13H2,1H3. The Morgan fingerprint density at radius 3 is 2.53 bits per heavy atom. The summed E-state index contributed by atoms with van der Waals surface area (Å²) in [7, 11) is 1.96. The van der Waals surface area contributed by atoms with Crippen LogP contribution in [0.5, 0.6) is 0 Å². The zero-order valence-electron chi connectivity index (χ0n) is 16.8. The van der Waals surface area contributed by atoms with Crippen LogP contribution in [0.2, 0.25) is 5.02 Å². The highest BCUT2D eigenvalue weighted by atomic mass is 35.5. The smallest absolute Gasteiger partial charge is 0.272 e. The summed E-state index contributed by atoms with van der Waals surface area (Å²) in [5.74, 6) is -0.575. The highest BCUT2D eigenvalue weighted by Gasteiger charge is 2.41. The molecule has 0 saturated carbocycles. The number of halogens is 1. The number of aromatic nitrogens is 3. The number of nitrogens with zero attached hydrogens (tertiary/aromatic N) is 4. The molecule has 1 amide bonds. The predicted molar refractivity (Wildman–Crippen MR) is 113 cm³/mol. The van der Waals surface area contributed by atoms with Crippen LogP contribution >= 0.6 is 11.6 Å². The highest BCUT2D eigenvalue weighted by molar-refractivity contribution is 6.30. The number of benzene rings is 1. The fourth-order valence-corrected chi connectivity index (χ4v) is 4.37. The van der Waals surface area contributed by atoms with E-state index in [9.17, 15) is 4.79 Å². The van der Waals surface area contributed by atoms with E-state index in [1.165, 1.54) is 0 Å². The largest absolute Gasteiger partial charge is 0.349 e.